The minimum Gasteiger partial charge on any atom is -0.316 e. The van der Waals surface area contributed by atoms with E-state index in [1.807, 2.05) is 48.7 Å². The number of hydrazone groups is 1. The number of amides is 1. The molecule has 1 amide bonds. The maximum atomic E-state index is 12.1. The molecule has 30 heavy (non-hydrogen) atoms. The predicted octanol–water partition coefficient (Wildman–Crippen LogP) is 6.09. The van der Waals surface area contributed by atoms with Crippen molar-refractivity contribution < 1.29 is 4.79 Å². The van der Waals surface area contributed by atoms with Crippen LogP contribution in [-0.2, 0) is 10.5 Å². The number of hydrogen-bond acceptors (Lipinski definition) is 3. The molecule has 0 saturated carbocycles. The average Bonchev–Trinajstić information content (AvgIpc) is 2.99. The quantitative estimate of drug-likeness (QED) is 0.343. The first-order valence-electron chi connectivity index (χ1n) is 9.46. The van der Waals surface area contributed by atoms with Crippen LogP contribution >= 0.6 is 35.0 Å². The highest BCUT2D eigenvalue weighted by Crippen LogP contribution is 2.31. The third kappa shape index (κ3) is 5.28. The van der Waals surface area contributed by atoms with E-state index in [2.05, 4.69) is 29.6 Å². The zero-order valence-electron chi connectivity index (χ0n) is 17.1. The summed E-state index contributed by atoms with van der Waals surface area (Å²) in [6, 6.07) is 15.7. The second kappa shape index (κ2) is 10.2. The van der Waals surface area contributed by atoms with E-state index < -0.39 is 0 Å². The fourth-order valence-corrected chi connectivity index (χ4v) is 4.46. The SMILES string of the molecule is Cc1ccccc1CSCC(=O)N/N=C\c1cc(C)n(-c2cccc(Cl)c2Cl)c1C. The number of halogens is 2. The summed E-state index contributed by atoms with van der Waals surface area (Å²) in [4.78, 5) is 12.1. The lowest BCUT2D eigenvalue weighted by atomic mass is 10.1. The lowest BCUT2D eigenvalue weighted by molar-refractivity contribution is -0.118. The van der Waals surface area contributed by atoms with Crippen LogP contribution in [0.15, 0.2) is 53.6 Å². The Hall–Kier alpha value is -2.21. The highest BCUT2D eigenvalue weighted by molar-refractivity contribution is 7.99. The molecule has 0 saturated heterocycles. The van der Waals surface area contributed by atoms with Gasteiger partial charge in [0, 0.05) is 22.7 Å². The summed E-state index contributed by atoms with van der Waals surface area (Å²) in [7, 11) is 0. The fourth-order valence-electron chi connectivity index (χ4n) is 3.19. The van der Waals surface area contributed by atoms with Crippen molar-refractivity contribution in [2.75, 3.05) is 5.75 Å². The van der Waals surface area contributed by atoms with E-state index in [1.54, 1.807) is 24.0 Å². The number of carbonyl (C=O) groups is 1. The van der Waals surface area contributed by atoms with Crippen molar-refractivity contribution in [1.29, 1.82) is 0 Å². The second-order valence-corrected chi connectivity index (χ2v) is 8.72. The van der Waals surface area contributed by atoms with E-state index in [1.165, 1.54) is 11.1 Å². The molecule has 3 aromatic rings. The average molecular weight is 460 g/mol. The molecule has 0 aliphatic carbocycles. The standard InChI is InChI=1S/C23H23Cl2N3OS/c1-15-7-4-5-8-18(15)13-30-14-22(29)27-26-12-19-11-16(2)28(17(19)3)21-10-6-9-20(24)23(21)25/h4-12H,13-14H2,1-3H3,(H,27,29)/b26-12-. The maximum Gasteiger partial charge on any atom is 0.250 e. The van der Waals surface area contributed by atoms with E-state index in [9.17, 15) is 4.79 Å². The Morgan fingerprint density at radius 1 is 1.13 bits per heavy atom. The van der Waals surface area contributed by atoms with Crippen molar-refractivity contribution in [3.63, 3.8) is 0 Å². The number of nitrogens with zero attached hydrogens (tertiary/aromatic N) is 2. The van der Waals surface area contributed by atoms with Crippen LogP contribution in [0, 0.1) is 20.8 Å². The van der Waals surface area contributed by atoms with Crippen molar-refractivity contribution in [3.05, 3.63) is 86.7 Å². The van der Waals surface area contributed by atoms with Crippen LogP contribution in [0.1, 0.15) is 28.1 Å². The van der Waals surface area contributed by atoms with Gasteiger partial charge >= 0.3 is 0 Å². The van der Waals surface area contributed by atoms with E-state index in [4.69, 9.17) is 23.2 Å². The van der Waals surface area contributed by atoms with Crippen molar-refractivity contribution in [2.24, 2.45) is 5.10 Å². The molecule has 0 fully saturated rings. The first kappa shape index (κ1) is 22.5. The molecule has 1 heterocycles. The summed E-state index contributed by atoms with van der Waals surface area (Å²) in [5.41, 5.74) is 8.75. The van der Waals surface area contributed by atoms with E-state index in [0.717, 1.165) is 28.4 Å². The first-order valence-corrected chi connectivity index (χ1v) is 11.4. The van der Waals surface area contributed by atoms with Crippen LogP contribution in [0.5, 0.6) is 0 Å². The normalized spacial score (nSPS) is 11.2. The van der Waals surface area contributed by atoms with Gasteiger partial charge in [-0.2, -0.15) is 5.10 Å². The molecule has 3 rings (SSSR count). The lowest BCUT2D eigenvalue weighted by Crippen LogP contribution is -2.19. The monoisotopic (exact) mass is 459 g/mol. The molecule has 156 valence electrons. The molecule has 0 bridgehead atoms. The number of benzene rings is 2. The van der Waals surface area contributed by atoms with Crippen LogP contribution < -0.4 is 5.43 Å². The number of thioether (sulfide) groups is 1. The van der Waals surface area contributed by atoms with Gasteiger partial charge in [0.2, 0.25) is 5.91 Å². The summed E-state index contributed by atoms with van der Waals surface area (Å²) in [6.07, 6.45) is 1.65. The Labute approximate surface area is 191 Å². The molecular formula is C23H23Cl2N3OS. The molecular weight excluding hydrogens is 437 g/mol. The first-order chi connectivity index (χ1) is 14.4. The van der Waals surface area contributed by atoms with Crippen LogP contribution in [0.4, 0.5) is 0 Å². The molecule has 1 aromatic heterocycles. The van der Waals surface area contributed by atoms with Gasteiger partial charge < -0.3 is 4.57 Å². The van der Waals surface area contributed by atoms with Gasteiger partial charge in [-0.25, -0.2) is 5.43 Å². The van der Waals surface area contributed by atoms with Crippen LogP contribution in [0.25, 0.3) is 5.69 Å². The van der Waals surface area contributed by atoms with Crippen LogP contribution in [0.2, 0.25) is 10.0 Å². The molecule has 7 heteroatoms. The molecule has 0 aliphatic heterocycles. The minimum atomic E-state index is -0.128. The van der Waals surface area contributed by atoms with Gasteiger partial charge in [0.15, 0.2) is 0 Å². The summed E-state index contributed by atoms with van der Waals surface area (Å²) in [5, 5.41) is 5.13. The zero-order chi connectivity index (χ0) is 21.7. The molecule has 0 atom stereocenters. The Balaban J connectivity index is 1.61. The van der Waals surface area contributed by atoms with Crippen LogP contribution in [0.3, 0.4) is 0 Å². The van der Waals surface area contributed by atoms with Gasteiger partial charge in [-0.1, -0.05) is 53.5 Å². The molecule has 0 aliphatic rings. The highest BCUT2D eigenvalue weighted by Gasteiger charge is 2.13. The Morgan fingerprint density at radius 3 is 2.67 bits per heavy atom. The summed E-state index contributed by atoms with van der Waals surface area (Å²) in [6.45, 7) is 6.04. The number of hydrogen-bond donors (Lipinski definition) is 1. The van der Waals surface area contributed by atoms with Gasteiger partial charge in [-0.05, 0) is 50.1 Å². The number of rotatable bonds is 7. The highest BCUT2D eigenvalue weighted by atomic mass is 35.5. The van der Waals surface area contributed by atoms with Crippen molar-refractivity contribution in [3.8, 4) is 5.69 Å². The van der Waals surface area contributed by atoms with Gasteiger partial charge in [-0.15, -0.1) is 11.8 Å². The molecule has 0 unspecified atom stereocenters. The molecule has 4 nitrogen and oxygen atoms in total. The zero-order valence-corrected chi connectivity index (χ0v) is 19.4. The number of nitrogens with one attached hydrogen (secondary N) is 1. The topological polar surface area (TPSA) is 46.4 Å². The number of aromatic nitrogens is 1. The smallest absolute Gasteiger partial charge is 0.250 e. The fraction of sp³-hybridized carbons (Fsp3) is 0.217. The Bertz CT molecular complexity index is 1090. The summed E-state index contributed by atoms with van der Waals surface area (Å²) < 4.78 is 2.02. The van der Waals surface area contributed by atoms with E-state index in [-0.39, 0.29) is 5.91 Å². The maximum absolute atomic E-state index is 12.1. The number of aryl methyl sites for hydroxylation is 2. The largest absolute Gasteiger partial charge is 0.316 e. The summed E-state index contributed by atoms with van der Waals surface area (Å²) in [5.74, 6) is 1.02. The van der Waals surface area contributed by atoms with E-state index in [0.29, 0.717) is 15.8 Å². The molecule has 0 radical (unpaired) electrons. The van der Waals surface area contributed by atoms with Crippen LogP contribution in [-0.4, -0.2) is 22.4 Å². The van der Waals surface area contributed by atoms with Gasteiger partial charge in [0.05, 0.1) is 27.7 Å². The third-order valence-electron chi connectivity index (χ3n) is 4.79. The van der Waals surface area contributed by atoms with Crippen molar-refractivity contribution >= 4 is 47.1 Å². The molecule has 0 spiro atoms. The lowest BCUT2D eigenvalue weighted by Gasteiger charge is -2.12. The number of carbonyl (C=O) groups excluding carboxylic acids is 1. The van der Waals surface area contributed by atoms with Crippen molar-refractivity contribution in [2.45, 2.75) is 26.5 Å². The second-order valence-electron chi connectivity index (χ2n) is 6.95. The Kier molecular flexibility index (Phi) is 7.64. The molecule has 2 aromatic carbocycles. The van der Waals surface area contributed by atoms with Gasteiger partial charge in [-0.3, -0.25) is 4.79 Å². The molecule has 1 N–H and O–H groups in total. The van der Waals surface area contributed by atoms with Gasteiger partial charge in [0.1, 0.15) is 0 Å². The predicted molar refractivity (Wildman–Crippen MR) is 128 cm³/mol. The Morgan fingerprint density at radius 2 is 1.90 bits per heavy atom. The van der Waals surface area contributed by atoms with Crippen molar-refractivity contribution in [1.82, 2.24) is 9.99 Å². The van der Waals surface area contributed by atoms with Gasteiger partial charge in [0.25, 0.3) is 0 Å². The van der Waals surface area contributed by atoms with E-state index >= 15 is 0 Å². The minimum absolute atomic E-state index is 0.128. The summed E-state index contributed by atoms with van der Waals surface area (Å²) >= 11 is 14.1. The third-order valence-corrected chi connectivity index (χ3v) is 6.58.